The Morgan fingerprint density at radius 2 is 2.22 bits per heavy atom. The molecule has 1 aliphatic rings. The lowest BCUT2D eigenvalue weighted by atomic mass is 9.89. The third-order valence-electron chi connectivity index (χ3n) is 3.41. The van der Waals surface area contributed by atoms with E-state index in [0.717, 1.165) is 19.3 Å². The number of halogens is 1. The summed E-state index contributed by atoms with van der Waals surface area (Å²) in [5.74, 6) is 0.356. The van der Waals surface area contributed by atoms with E-state index >= 15 is 0 Å². The molecule has 1 aromatic carbocycles. The number of carbonyl (C=O) groups excluding carboxylic acids is 1. The smallest absolute Gasteiger partial charge is 0.339 e. The van der Waals surface area contributed by atoms with Gasteiger partial charge in [0, 0.05) is 5.69 Å². The maximum absolute atomic E-state index is 12.1. The average molecular weight is 312 g/mol. The van der Waals surface area contributed by atoms with Gasteiger partial charge in [0.1, 0.15) is 6.10 Å². The van der Waals surface area contributed by atoms with Crippen LogP contribution in [0.25, 0.3) is 0 Å². The van der Waals surface area contributed by atoms with E-state index in [2.05, 4.69) is 22.9 Å². The molecule has 1 aromatic rings. The van der Waals surface area contributed by atoms with Crippen LogP contribution >= 0.6 is 15.9 Å². The average Bonchev–Trinajstić information content (AvgIpc) is 2.32. The summed E-state index contributed by atoms with van der Waals surface area (Å²) >= 11 is 3.33. The molecule has 18 heavy (non-hydrogen) atoms. The second-order valence-electron chi connectivity index (χ2n) is 5.01. The van der Waals surface area contributed by atoms with Crippen LogP contribution in [-0.2, 0) is 4.74 Å². The fraction of sp³-hybridized carbons (Fsp3) is 0.500. The van der Waals surface area contributed by atoms with Crippen molar-refractivity contribution in [1.29, 1.82) is 0 Å². The highest BCUT2D eigenvalue weighted by Crippen LogP contribution is 2.29. The van der Waals surface area contributed by atoms with Crippen molar-refractivity contribution >= 4 is 27.6 Å². The molecule has 1 saturated carbocycles. The van der Waals surface area contributed by atoms with Crippen LogP contribution < -0.4 is 5.73 Å². The predicted octanol–water partition coefficient (Wildman–Crippen LogP) is 3.77. The van der Waals surface area contributed by atoms with E-state index in [9.17, 15) is 4.79 Å². The molecule has 2 unspecified atom stereocenters. The maximum Gasteiger partial charge on any atom is 0.339 e. The number of esters is 1. The van der Waals surface area contributed by atoms with Crippen LogP contribution in [0.1, 0.15) is 43.0 Å². The third-order valence-corrected chi connectivity index (χ3v) is 4.30. The monoisotopic (exact) mass is 311 g/mol. The van der Waals surface area contributed by atoms with Gasteiger partial charge in [0.25, 0.3) is 0 Å². The predicted molar refractivity (Wildman–Crippen MR) is 75.4 cm³/mol. The van der Waals surface area contributed by atoms with Crippen molar-refractivity contribution in [3.05, 3.63) is 28.2 Å². The molecule has 0 radical (unpaired) electrons. The van der Waals surface area contributed by atoms with E-state index in [1.165, 1.54) is 6.42 Å². The fourth-order valence-electron chi connectivity index (χ4n) is 2.41. The number of hydrogen-bond acceptors (Lipinski definition) is 3. The molecular formula is C14H18BrNO2. The van der Waals surface area contributed by atoms with Crippen LogP contribution in [0.3, 0.4) is 0 Å². The molecule has 98 valence electrons. The van der Waals surface area contributed by atoms with E-state index < -0.39 is 0 Å². The van der Waals surface area contributed by atoms with E-state index in [4.69, 9.17) is 10.5 Å². The first-order chi connectivity index (χ1) is 8.58. The summed E-state index contributed by atoms with van der Waals surface area (Å²) < 4.78 is 6.18. The molecule has 0 bridgehead atoms. The molecule has 0 amide bonds. The van der Waals surface area contributed by atoms with E-state index in [0.29, 0.717) is 21.6 Å². The van der Waals surface area contributed by atoms with Crippen LogP contribution in [0.2, 0.25) is 0 Å². The van der Waals surface area contributed by atoms with Gasteiger partial charge in [0.15, 0.2) is 0 Å². The Labute approximate surface area is 116 Å². The number of nitrogens with two attached hydrogens (primary N) is 1. The summed E-state index contributed by atoms with van der Waals surface area (Å²) in [5, 5.41) is 0. The number of benzene rings is 1. The van der Waals surface area contributed by atoms with Gasteiger partial charge in [-0.05, 0) is 53.2 Å². The molecular weight excluding hydrogens is 294 g/mol. The highest BCUT2D eigenvalue weighted by Gasteiger charge is 2.23. The maximum atomic E-state index is 12.1. The Hall–Kier alpha value is -1.03. The summed E-state index contributed by atoms with van der Waals surface area (Å²) in [4.78, 5) is 12.1. The van der Waals surface area contributed by atoms with Gasteiger partial charge in [-0.3, -0.25) is 0 Å². The van der Waals surface area contributed by atoms with E-state index in [-0.39, 0.29) is 12.1 Å². The molecule has 2 N–H and O–H groups in total. The summed E-state index contributed by atoms with van der Waals surface area (Å²) in [6.07, 6.45) is 4.35. The van der Waals surface area contributed by atoms with Crippen molar-refractivity contribution in [2.24, 2.45) is 5.92 Å². The molecule has 2 atom stereocenters. The third kappa shape index (κ3) is 3.05. The van der Waals surface area contributed by atoms with Gasteiger partial charge in [0.2, 0.25) is 0 Å². The first-order valence-electron chi connectivity index (χ1n) is 6.33. The van der Waals surface area contributed by atoms with Gasteiger partial charge in [0.05, 0.1) is 10.0 Å². The number of nitrogen functional groups attached to an aromatic ring is 1. The van der Waals surface area contributed by atoms with Gasteiger partial charge >= 0.3 is 5.97 Å². The highest BCUT2D eigenvalue weighted by atomic mass is 79.9. The Kier molecular flexibility index (Phi) is 4.27. The van der Waals surface area contributed by atoms with E-state index in [1.807, 2.05) is 0 Å². The lowest BCUT2D eigenvalue weighted by molar-refractivity contribution is 0.0154. The number of ether oxygens (including phenoxy) is 1. The van der Waals surface area contributed by atoms with Crippen LogP contribution in [-0.4, -0.2) is 12.1 Å². The van der Waals surface area contributed by atoms with E-state index in [1.54, 1.807) is 18.2 Å². The Bertz CT molecular complexity index is 447. The molecule has 1 aliphatic carbocycles. The summed E-state index contributed by atoms with van der Waals surface area (Å²) in [7, 11) is 0. The Balaban J connectivity index is 2.05. The topological polar surface area (TPSA) is 52.3 Å². The van der Waals surface area contributed by atoms with Crippen molar-refractivity contribution < 1.29 is 9.53 Å². The van der Waals surface area contributed by atoms with Crippen LogP contribution in [0.4, 0.5) is 5.69 Å². The minimum Gasteiger partial charge on any atom is -0.459 e. The zero-order valence-corrected chi connectivity index (χ0v) is 12.1. The summed E-state index contributed by atoms with van der Waals surface area (Å²) in [5.41, 5.74) is 6.82. The molecule has 0 aliphatic heterocycles. The SMILES string of the molecule is CC1CCCC(OC(=O)c2cccc(N)c2Br)C1. The molecule has 2 rings (SSSR count). The first kappa shape index (κ1) is 13.4. The lowest BCUT2D eigenvalue weighted by Crippen LogP contribution is -2.24. The van der Waals surface area contributed by atoms with Gasteiger partial charge in [-0.1, -0.05) is 19.4 Å². The van der Waals surface area contributed by atoms with Crippen molar-refractivity contribution in [2.45, 2.75) is 38.7 Å². The molecule has 3 nitrogen and oxygen atoms in total. The number of carbonyl (C=O) groups is 1. The molecule has 0 aromatic heterocycles. The Morgan fingerprint density at radius 3 is 2.94 bits per heavy atom. The largest absolute Gasteiger partial charge is 0.459 e. The molecule has 0 saturated heterocycles. The van der Waals surface area contributed by atoms with Crippen molar-refractivity contribution in [3.8, 4) is 0 Å². The zero-order valence-electron chi connectivity index (χ0n) is 10.5. The quantitative estimate of drug-likeness (QED) is 0.668. The minimum atomic E-state index is -0.284. The second-order valence-corrected chi connectivity index (χ2v) is 5.80. The van der Waals surface area contributed by atoms with Crippen LogP contribution in [0, 0.1) is 5.92 Å². The highest BCUT2D eigenvalue weighted by molar-refractivity contribution is 9.10. The van der Waals surface area contributed by atoms with Crippen molar-refractivity contribution in [3.63, 3.8) is 0 Å². The van der Waals surface area contributed by atoms with Crippen molar-refractivity contribution in [2.75, 3.05) is 5.73 Å². The van der Waals surface area contributed by atoms with Crippen LogP contribution in [0.15, 0.2) is 22.7 Å². The van der Waals surface area contributed by atoms with Gasteiger partial charge < -0.3 is 10.5 Å². The normalized spacial score (nSPS) is 23.7. The Morgan fingerprint density at radius 1 is 1.44 bits per heavy atom. The standard InChI is InChI=1S/C14H18BrNO2/c1-9-4-2-5-10(8-9)18-14(17)11-6-3-7-12(16)13(11)15/h3,6-7,9-10H,2,4-5,8,16H2,1H3. The van der Waals surface area contributed by atoms with Gasteiger partial charge in [-0.25, -0.2) is 4.79 Å². The zero-order chi connectivity index (χ0) is 13.1. The van der Waals surface area contributed by atoms with Crippen LogP contribution in [0.5, 0.6) is 0 Å². The number of rotatable bonds is 2. The molecule has 0 spiro atoms. The minimum absolute atomic E-state index is 0.0505. The first-order valence-corrected chi connectivity index (χ1v) is 7.12. The van der Waals surface area contributed by atoms with Gasteiger partial charge in [-0.15, -0.1) is 0 Å². The molecule has 1 fully saturated rings. The van der Waals surface area contributed by atoms with Crippen molar-refractivity contribution in [1.82, 2.24) is 0 Å². The number of hydrogen-bond donors (Lipinski definition) is 1. The van der Waals surface area contributed by atoms with Gasteiger partial charge in [-0.2, -0.15) is 0 Å². The molecule has 0 heterocycles. The number of anilines is 1. The lowest BCUT2D eigenvalue weighted by Gasteiger charge is -2.26. The fourth-order valence-corrected chi connectivity index (χ4v) is 2.83. The molecule has 4 heteroatoms. The summed E-state index contributed by atoms with van der Waals surface area (Å²) in [6, 6.07) is 5.25. The second kappa shape index (κ2) is 5.74. The summed E-state index contributed by atoms with van der Waals surface area (Å²) in [6.45, 7) is 2.20.